The Balaban J connectivity index is 2.80. The predicted octanol–water partition coefficient (Wildman–Crippen LogP) is 0.378. The highest BCUT2D eigenvalue weighted by Crippen LogP contribution is 2.34. The minimum atomic E-state index is -1.31. The lowest BCUT2D eigenvalue weighted by Gasteiger charge is -2.08. The number of carboxylic acid groups (broad SMARTS) is 1. The summed E-state index contributed by atoms with van der Waals surface area (Å²) in [5.41, 5.74) is -3.00. The van der Waals surface area contributed by atoms with Gasteiger partial charge in [0.05, 0.1) is 0 Å². The van der Waals surface area contributed by atoms with Crippen LogP contribution in [0.25, 0.3) is 17.2 Å². The Kier molecular flexibility index (Phi) is 3.80. The third-order valence-corrected chi connectivity index (χ3v) is 2.72. The molecule has 0 fully saturated rings. The summed E-state index contributed by atoms with van der Waals surface area (Å²) in [5, 5.41) is 27.6. The van der Waals surface area contributed by atoms with E-state index in [-0.39, 0.29) is 11.1 Å². The summed E-state index contributed by atoms with van der Waals surface area (Å²) < 4.78 is 13.8. The molecule has 0 saturated heterocycles. The van der Waals surface area contributed by atoms with Crippen molar-refractivity contribution in [1.82, 2.24) is 9.97 Å². The number of H-pyrrole nitrogens is 2. The van der Waals surface area contributed by atoms with Crippen LogP contribution in [-0.2, 0) is 4.79 Å². The number of carbonyl (C=O) groups is 1. The number of aliphatic carboxylic acids is 1. The summed E-state index contributed by atoms with van der Waals surface area (Å²) in [4.78, 5) is 36.8. The van der Waals surface area contributed by atoms with Gasteiger partial charge in [0.15, 0.2) is 11.5 Å². The van der Waals surface area contributed by atoms with Crippen LogP contribution in [0.3, 0.4) is 0 Å². The van der Waals surface area contributed by atoms with Crippen molar-refractivity contribution in [2.24, 2.45) is 0 Å². The van der Waals surface area contributed by atoms with Gasteiger partial charge in [0.2, 0.25) is 5.95 Å². The highest BCUT2D eigenvalue weighted by atomic mass is 19.1. The van der Waals surface area contributed by atoms with Crippen LogP contribution in [0.1, 0.15) is 5.56 Å². The van der Waals surface area contributed by atoms with Crippen LogP contribution in [0.5, 0.6) is 11.5 Å². The number of benzene rings is 1. The Bertz CT molecular complexity index is 896. The maximum Gasteiger partial charge on any atom is 0.328 e. The fourth-order valence-corrected chi connectivity index (χ4v) is 1.81. The number of rotatable bonds is 3. The highest BCUT2D eigenvalue weighted by Gasteiger charge is 2.17. The van der Waals surface area contributed by atoms with Crippen LogP contribution in [0.4, 0.5) is 4.39 Å². The molecule has 0 amide bonds. The molecule has 0 radical (unpaired) electrons. The maximum absolute atomic E-state index is 13.8. The van der Waals surface area contributed by atoms with Crippen LogP contribution in [0.15, 0.2) is 27.8 Å². The Morgan fingerprint density at radius 2 is 1.77 bits per heavy atom. The summed E-state index contributed by atoms with van der Waals surface area (Å²) in [5.74, 6) is -3.80. The molecule has 5 N–H and O–H groups in total. The first kappa shape index (κ1) is 15.0. The number of aromatic amines is 2. The normalized spacial score (nSPS) is 11.0. The lowest BCUT2D eigenvalue weighted by Crippen LogP contribution is -2.25. The molecule has 22 heavy (non-hydrogen) atoms. The second-order valence-electron chi connectivity index (χ2n) is 4.20. The summed E-state index contributed by atoms with van der Waals surface area (Å²) in [6, 6.07) is 1.83. The van der Waals surface area contributed by atoms with Crippen molar-refractivity contribution in [2.45, 2.75) is 0 Å². The molecule has 8 nitrogen and oxygen atoms in total. The molecule has 1 heterocycles. The Morgan fingerprint density at radius 3 is 2.36 bits per heavy atom. The van der Waals surface area contributed by atoms with Gasteiger partial charge in [-0.3, -0.25) is 14.8 Å². The lowest BCUT2D eigenvalue weighted by molar-refractivity contribution is -0.131. The molecule has 9 heteroatoms. The number of hydrogen-bond acceptors (Lipinski definition) is 5. The molecule has 0 aliphatic rings. The summed E-state index contributed by atoms with van der Waals surface area (Å²) >= 11 is 0. The largest absolute Gasteiger partial charge is 0.504 e. The van der Waals surface area contributed by atoms with Crippen molar-refractivity contribution in [3.05, 3.63) is 50.6 Å². The van der Waals surface area contributed by atoms with Gasteiger partial charge in [0.1, 0.15) is 5.56 Å². The number of carboxylic acids is 1. The number of phenolic OH excluding ortho intramolecular Hbond substituents is 2. The van der Waals surface area contributed by atoms with Crippen molar-refractivity contribution in [3.63, 3.8) is 0 Å². The quantitative estimate of drug-likeness (QED) is 0.315. The van der Waals surface area contributed by atoms with Crippen LogP contribution in [0, 0.1) is 5.95 Å². The smallest absolute Gasteiger partial charge is 0.328 e. The molecule has 114 valence electrons. The van der Waals surface area contributed by atoms with Gasteiger partial charge in [-0.1, -0.05) is 0 Å². The third kappa shape index (κ3) is 2.87. The van der Waals surface area contributed by atoms with E-state index in [4.69, 9.17) is 5.11 Å². The second-order valence-corrected chi connectivity index (χ2v) is 4.20. The number of halogens is 1. The molecular weight excluding hydrogens is 299 g/mol. The number of aromatic hydroxyl groups is 2. The molecule has 0 aliphatic heterocycles. The molecular formula is C13H9FN2O6. The van der Waals surface area contributed by atoms with E-state index in [2.05, 4.69) is 0 Å². The average molecular weight is 308 g/mol. The van der Waals surface area contributed by atoms with E-state index in [9.17, 15) is 29.0 Å². The van der Waals surface area contributed by atoms with Crippen LogP contribution < -0.4 is 11.2 Å². The van der Waals surface area contributed by atoms with Crippen LogP contribution in [0.2, 0.25) is 0 Å². The van der Waals surface area contributed by atoms with Crippen molar-refractivity contribution >= 4 is 12.0 Å². The van der Waals surface area contributed by atoms with Gasteiger partial charge in [-0.05, 0) is 23.8 Å². The monoisotopic (exact) mass is 308 g/mol. The van der Waals surface area contributed by atoms with E-state index < -0.39 is 40.2 Å². The SMILES string of the molecule is O=C(O)/C=C/c1cc(O)c(O)cc1-c1c(F)[nH]c(=O)[nH]c1=O. The van der Waals surface area contributed by atoms with Gasteiger partial charge in [-0.2, -0.15) is 4.39 Å². The van der Waals surface area contributed by atoms with E-state index in [1.807, 2.05) is 4.98 Å². The van der Waals surface area contributed by atoms with Gasteiger partial charge >= 0.3 is 11.7 Å². The van der Waals surface area contributed by atoms with E-state index in [0.717, 1.165) is 18.2 Å². The van der Waals surface area contributed by atoms with Gasteiger partial charge in [0, 0.05) is 11.6 Å². The first-order valence-corrected chi connectivity index (χ1v) is 5.79. The first-order valence-electron chi connectivity index (χ1n) is 5.79. The first-order chi connectivity index (χ1) is 10.3. The fraction of sp³-hybridized carbons (Fsp3) is 0. The van der Waals surface area contributed by atoms with Gasteiger partial charge in [-0.15, -0.1) is 0 Å². The molecule has 0 bridgehead atoms. The second kappa shape index (κ2) is 5.56. The van der Waals surface area contributed by atoms with E-state index >= 15 is 0 Å². The molecule has 1 aromatic heterocycles. The molecule has 2 aromatic rings. The molecule has 0 saturated carbocycles. The van der Waals surface area contributed by atoms with Crippen LogP contribution >= 0.6 is 0 Å². The number of nitrogens with one attached hydrogen (secondary N) is 2. The zero-order valence-corrected chi connectivity index (χ0v) is 10.8. The van der Waals surface area contributed by atoms with Gasteiger partial charge < -0.3 is 15.3 Å². The number of aromatic nitrogens is 2. The summed E-state index contributed by atoms with van der Waals surface area (Å²) in [6.07, 6.45) is 1.70. The van der Waals surface area contributed by atoms with E-state index in [0.29, 0.717) is 6.08 Å². The molecule has 0 unspecified atom stereocenters. The Morgan fingerprint density at radius 1 is 1.14 bits per heavy atom. The lowest BCUT2D eigenvalue weighted by atomic mass is 10.00. The van der Waals surface area contributed by atoms with E-state index in [1.54, 1.807) is 4.98 Å². The zero-order valence-electron chi connectivity index (χ0n) is 10.8. The van der Waals surface area contributed by atoms with Crippen LogP contribution in [-0.4, -0.2) is 31.3 Å². The van der Waals surface area contributed by atoms with E-state index in [1.165, 1.54) is 0 Å². The Hall–Kier alpha value is -3.36. The molecule has 1 aromatic carbocycles. The molecule has 2 rings (SSSR count). The zero-order chi connectivity index (χ0) is 16.4. The number of phenols is 2. The predicted molar refractivity (Wildman–Crippen MR) is 73.1 cm³/mol. The summed E-state index contributed by atoms with van der Waals surface area (Å²) in [7, 11) is 0. The molecule has 0 atom stereocenters. The third-order valence-electron chi connectivity index (χ3n) is 2.72. The molecule has 0 spiro atoms. The highest BCUT2D eigenvalue weighted by molar-refractivity contribution is 5.88. The Labute approximate surface area is 120 Å². The number of hydrogen-bond donors (Lipinski definition) is 5. The van der Waals surface area contributed by atoms with Crippen molar-refractivity contribution in [1.29, 1.82) is 0 Å². The minimum absolute atomic E-state index is 0.0471. The fourth-order valence-electron chi connectivity index (χ4n) is 1.81. The van der Waals surface area contributed by atoms with Crippen molar-refractivity contribution in [2.75, 3.05) is 0 Å². The van der Waals surface area contributed by atoms with Gasteiger partial charge in [0.25, 0.3) is 5.56 Å². The maximum atomic E-state index is 13.8. The standard InChI is InChI=1S/C13H9FN2O6/c14-11-10(12(21)16-13(22)15-11)6-4-8(18)7(17)3-5(6)1-2-9(19)20/h1-4,17-18H,(H,19,20)(H2,15,16,21,22)/b2-1+. The van der Waals surface area contributed by atoms with Crippen molar-refractivity contribution in [3.8, 4) is 22.6 Å². The topological polar surface area (TPSA) is 143 Å². The van der Waals surface area contributed by atoms with Gasteiger partial charge in [-0.25, -0.2) is 9.59 Å². The van der Waals surface area contributed by atoms with Crippen molar-refractivity contribution < 1.29 is 24.5 Å². The molecule has 0 aliphatic carbocycles. The average Bonchev–Trinajstić information content (AvgIpc) is 2.39. The summed E-state index contributed by atoms with van der Waals surface area (Å²) in [6.45, 7) is 0. The minimum Gasteiger partial charge on any atom is -0.504 e.